The predicted octanol–water partition coefficient (Wildman–Crippen LogP) is 0.536. The number of amides is 2. The molecular weight excluding hydrogens is 348 g/mol. The minimum absolute atomic E-state index is 0.0608. The third-order valence-corrected chi connectivity index (χ3v) is 4.04. The lowest BCUT2D eigenvalue weighted by Crippen LogP contribution is -2.27. The molecule has 2 N–H and O–H groups in total. The first kappa shape index (κ1) is 18.4. The molecule has 3 aromatic heterocycles. The minimum atomic E-state index is -0.333. The molecule has 10 nitrogen and oxygen atoms in total. The normalized spacial score (nSPS) is 10.8. The molecule has 0 radical (unpaired) electrons. The summed E-state index contributed by atoms with van der Waals surface area (Å²) in [7, 11) is 3.46. The van der Waals surface area contributed by atoms with Gasteiger partial charge in [0.25, 0.3) is 5.91 Å². The van der Waals surface area contributed by atoms with E-state index in [0.29, 0.717) is 12.2 Å². The highest BCUT2D eigenvalue weighted by molar-refractivity contribution is 6.02. The molecule has 3 aromatic rings. The summed E-state index contributed by atoms with van der Waals surface area (Å²) in [6, 6.07) is 1.90. The molecule has 2 amide bonds. The van der Waals surface area contributed by atoms with Crippen molar-refractivity contribution >= 4 is 17.5 Å². The van der Waals surface area contributed by atoms with Crippen LogP contribution in [-0.2, 0) is 32.0 Å². The lowest BCUT2D eigenvalue weighted by molar-refractivity contribution is -0.116. The Hall–Kier alpha value is -3.43. The second-order valence-corrected chi connectivity index (χ2v) is 6.37. The van der Waals surface area contributed by atoms with Gasteiger partial charge in [0.05, 0.1) is 23.8 Å². The summed E-state index contributed by atoms with van der Waals surface area (Å²) in [4.78, 5) is 24.9. The maximum Gasteiger partial charge on any atom is 0.271 e. The number of nitrogens with one attached hydrogen (secondary N) is 2. The van der Waals surface area contributed by atoms with Crippen LogP contribution in [0.3, 0.4) is 0 Å². The van der Waals surface area contributed by atoms with Crippen LogP contribution in [0.5, 0.6) is 0 Å². The van der Waals surface area contributed by atoms with Crippen LogP contribution >= 0.6 is 0 Å². The van der Waals surface area contributed by atoms with Gasteiger partial charge in [-0.1, -0.05) is 0 Å². The molecule has 3 heterocycles. The number of aromatic nitrogens is 6. The summed E-state index contributed by atoms with van der Waals surface area (Å²) in [5.74, 6) is -0.615. The Labute approximate surface area is 156 Å². The molecular formula is C17H22N8O2. The monoisotopic (exact) mass is 370 g/mol. The summed E-state index contributed by atoms with van der Waals surface area (Å²) in [6.07, 6.45) is 4.96. The van der Waals surface area contributed by atoms with Crippen molar-refractivity contribution in [3.63, 3.8) is 0 Å². The molecule has 0 bridgehead atoms. The lowest BCUT2D eigenvalue weighted by Gasteiger charge is -2.09. The van der Waals surface area contributed by atoms with Crippen LogP contribution < -0.4 is 10.6 Å². The van der Waals surface area contributed by atoms with Crippen molar-refractivity contribution in [2.24, 2.45) is 14.1 Å². The van der Waals surface area contributed by atoms with E-state index in [1.165, 1.54) is 10.9 Å². The number of carbonyl (C=O) groups is 2. The molecule has 27 heavy (non-hydrogen) atoms. The van der Waals surface area contributed by atoms with Gasteiger partial charge in [0.15, 0.2) is 0 Å². The number of hydrogen-bond donors (Lipinski definition) is 2. The van der Waals surface area contributed by atoms with E-state index in [1.54, 1.807) is 22.6 Å². The van der Waals surface area contributed by atoms with E-state index in [0.717, 1.165) is 17.0 Å². The van der Waals surface area contributed by atoms with Crippen LogP contribution in [0, 0.1) is 13.8 Å². The smallest absolute Gasteiger partial charge is 0.271 e. The number of carbonyl (C=O) groups excluding carboxylic acids is 2. The predicted molar refractivity (Wildman–Crippen MR) is 97.9 cm³/mol. The second kappa shape index (κ2) is 7.44. The number of anilines is 1. The van der Waals surface area contributed by atoms with Gasteiger partial charge in [-0.2, -0.15) is 15.3 Å². The summed E-state index contributed by atoms with van der Waals surface area (Å²) in [6.45, 7) is 4.14. The SMILES string of the molecule is Cc1cc(C)n(CC(=O)Nc2cnn(C)c2C(=O)NCc2cnn(C)c2)n1. The number of rotatable bonds is 6. The highest BCUT2D eigenvalue weighted by atomic mass is 16.2. The molecule has 0 aromatic carbocycles. The zero-order valence-corrected chi connectivity index (χ0v) is 15.7. The van der Waals surface area contributed by atoms with Crippen molar-refractivity contribution < 1.29 is 9.59 Å². The van der Waals surface area contributed by atoms with Crippen LogP contribution in [0.4, 0.5) is 5.69 Å². The molecule has 142 valence electrons. The molecule has 0 saturated carbocycles. The van der Waals surface area contributed by atoms with Crippen LogP contribution in [0.1, 0.15) is 27.4 Å². The first-order chi connectivity index (χ1) is 12.8. The van der Waals surface area contributed by atoms with Gasteiger partial charge in [-0.15, -0.1) is 0 Å². The van der Waals surface area contributed by atoms with Crippen molar-refractivity contribution in [2.75, 3.05) is 5.32 Å². The zero-order chi connectivity index (χ0) is 19.6. The van der Waals surface area contributed by atoms with E-state index in [-0.39, 0.29) is 24.1 Å². The number of nitrogens with zero attached hydrogens (tertiary/aromatic N) is 6. The first-order valence-electron chi connectivity index (χ1n) is 8.42. The van der Waals surface area contributed by atoms with Gasteiger partial charge in [-0.05, 0) is 19.9 Å². The van der Waals surface area contributed by atoms with E-state index in [9.17, 15) is 9.59 Å². The van der Waals surface area contributed by atoms with Gasteiger partial charge in [0, 0.05) is 38.1 Å². The van der Waals surface area contributed by atoms with E-state index < -0.39 is 0 Å². The molecule has 3 rings (SSSR count). The molecule has 0 aliphatic rings. The Bertz CT molecular complexity index is 981. The van der Waals surface area contributed by atoms with Crippen LogP contribution in [0.15, 0.2) is 24.7 Å². The van der Waals surface area contributed by atoms with Crippen molar-refractivity contribution in [3.8, 4) is 0 Å². The van der Waals surface area contributed by atoms with Crippen LogP contribution in [-0.4, -0.2) is 41.2 Å². The zero-order valence-electron chi connectivity index (χ0n) is 15.7. The average Bonchev–Trinajstić information content (AvgIpc) is 3.26. The van der Waals surface area contributed by atoms with Crippen molar-refractivity contribution in [2.45, 2.75) is 26.9 Å². The van der Waals surface area contributed by atoms with Crippen LogP contribution in [0.2, 0.25) is 0 Å². The Morgan fingerprint density at radius 2 is 1.93 bits per heavy atom. The van der Waals surface area contributed by atoms with Crippen molar-refractivity contribution in [3.05, 3.63) is 47.3 Å². The second-order valence-electron chi connectivity index (χ2n) is 6.37. The first-order valence-corrected chi connectivity index (χ1v) is 8.42. The summed E-state index contributed by atoms with van der Waals surface area (Å²) in [5.41, 5.74) is 3.25. The fourth-order valence-corrected chi connectivity index (χ4v) is 2.79. The van der Waals surface area contributed by atoms with Gasteiger partial charge >= 0.3 is 0 Å². The molecule has 0 spiro atoms. The Kier molecular flexibility index (Phi) is 5.06. The van der Waals surface area contributed by atoms with Crippen LogP contribution in [0.25, 0.3) is 0 Å². The summed E-state index contributed by atoms with van der Waals surface area (Å²) >= 11 is 0. The largest absolute Gasteiger partial charge is 0.346 e. The molecule has 10 heteroatoms. The Balaban J connectivity index is 1.67. The van der Waals surface area contributed by atoms with Crippen molar-refractivity contribution in [1.82, 2.24) is 34.7 Å². The maximum absolute atomic E-state index is 12.6. The fourth-order valence-electron chi connectivity index (χ4n) is 2.79. The van der Waals surface area contributed by atoms with Gasteiger partial charge in [0.1, 0.15) is 12.2 Å². The van der Waals surface area contributed by atoms with Gasteiger partial charge < -0.3 is 10.6 Å². The van der Waals surface area contributed by atoms with Gasteiger partial charge in [-0.3, -0.25) is 23.6 Å². The van der Waals surface area contributed by atoms with Gasteiger partial charge in [-0.25, -0.2) is 0 Å². The molecule has 0 fully saturated rings. The van der Waals surface area contributed by atoms with E-state index in [2.05, 4.69) is 25.9 Å². The summed E-state index contributed by atoms with van der Waals surface area (Å²) < 4.78 is 4.71. The third kappa shape index (κ3) is 4.22. The molecule has 0 unspecified atom stereocenters. The maximum atomic E-state index is 12.6. The van der Waals surface area contributed by atoms with E-state index in [1.807, 2.05) is 33.2 Å². The number of aryl methyl sites for hydroxylation is 4. The molecule has 0 atom stereocenters. The summed E-state index contributed by atoms with van der Waals surface area (Å²) in [5, 5.41) is 18.0. The minimum Gasteiger partial charge on any atom is -0.346 e. The highest BCUT2D eigenvalue weighted by Gasteiger charge is 2.19. The molecule has 0 saturated heterocycles. The third-order valence-electron chi connectivity index (χ3n) is 4.04. The van der Waals surface area contributed by atoms with E-state index >= 15 is 0 Å². The standard InChI is InChI=1S/C17H22N8O2/c1-11-5-12(2)25(22-11)10-15(26)21-14-8-20-24(4)16(14)17(27)18-6-13-7-19-23(3)9-13/h5,7-9H,6,10H2,1-4H3,(H,18,27)(H,21,26). The Morgan fingerprint density at radius 1 is 1.15 bits per heavy atom. The lowest BCUT2D eigenvalue weighted by atomic mass is 10.3. The fraction of sp³-hybridized carbons (Fsp3) is 0.353. The van der Waals surface area contributed by atoms with E-state index in [4.69, 9.17) is 0 Å². The highest BCUT2D eigenvalue weighted by Crippen LogP contribution is 2.15. The Morgan fingerprint density at radius 3 is 2.56 bits per heavy atom. The molecule has 0 aliphatic heterocycles. The topological polar surface area (TPSA) is 112 Å². The average molecular weight is 370 g/mol. The van der Waals surface area contributed by atoms with Crippen molar-refractivity contribution in [1.29, 1.82) is 0 Å². The molecule has 0 aliphatic carbocycles. The van der Waals surface area contributed by atoms with Gasteiger partial charge in [0.2, 0.25) is 5.91 Å². The quantitative estimate of drug-likeness (QED) is 0.658. The number of hydrogen-bond acceptors (Lipinski definition) is 5.